The Kier molecular flexibility index (Phi) is 5.11. The van der Waals surface area contributed by atoms with Gasteiger partial charge in [0, 0.05) is 11.9 Å². The van der Waals surface area contributed by atoms with Gasteiger partial charge in [0.2, 0.25) is 0 Å². The second-order valence-corrected chi connectivity index (χ2v) is 6.27. The molecular weight excluding hydrogens is 310 g/mol. The number of nitrogens with zero attached hydrogens (tertiary/aromatic N) is 2. The van der Waals surface area contributed by atoms with Crippen LogP contribution in [0.25, 0.3) is 5.52 Å². The molecule has 0 aromatic carbocycles. The quantitative estimate of drug-likeness (QED) is 0.867. The molecule has 0 atom stereocenters. The number of nitrogens with one attached hydrogen (secondary N) is 1. The summed E-state index contributed by atoms with van der Waals surface area (Å²) in [5, 5.41) is 7.05. The van der Waals surface area contributed by atoms with Crippen molar-refractivity contribution in [2.75, 3.05) is 11.9 Å². The maximum atomic E-state index is 12.2. The zero-order chi connectivity index (χ0) is 17.9. The van der Waals surface area contributed by atoms with E-state index in [2.05, 4.69) is 10.4 Å². The Bertz CT molecular complexity index is 759. The van der Waals surface area contributed by atoms with Crippen LogP contribution in [-0.4, -0.2) is 33.9 Å². The van der Waals surface area contributed by atoms with Crippen LogP contribution in [0.3, 0.4) is 0 Å². The van der Waals surface area contributed by atoms with Crippen LogP contribution < -0.4 is 5.32 Å². The van der Waals surface area contributed by atoms with E-state index in [0.29, 0.717) is 28.9 Å². The van der Waals surface area contributed by atoms with Crippen molar-refractivity contribution in [2.24, 2.45) is 0 Å². The molecule has 0 unspecified atom stereocenters. The minimum Gasteiger partial charge on any atom is -0.462 e. The van der Waals surface area contributed by atoms with E-state index >= 15 is 0 Å². The highest BCUT2D eigenvalue weighted by molar-refractivity contribution is 5.99. The van der Waals surface area contributed by atoms with Gasteiger partial charge in [0.15, 0.2) is 0 Å². The Labute approximate surface area is 140 Å². The SMILES string of the molecule is CCOC(=O)c1c(CC)nn2ccc(NC(=O)OC(C)(C)C)cc12. The molecule has 0 aliphatic carbocycles. The molecule has 130 valence electrons. The number of aromatic nitrogens is 2. The zero-order valence-corrected chi connectivity index (χ0v) is 14.7. The first-order chi connectivity index (χ1) is 11.2. The van der Waals surface area contributed by atoms with Gasteiger partial charge in [-0.25, -0.2) is 14.1 Å². The van der Waals surface area contributed by atoms with E-state index in [9.17, 15) is 9.59 Å². The lowest BCUT2D eigenvalue weighted by atomic mass is 10.1. The molecular formula is C17H23N3O4. The van der Waals surface area contributed by atoms with E-state index in [0.717, 1.165) is 0 Å². The second-order valence-electron chi connectivity index (χ2n) is 6.27. The fourth-order valence-electron chi connectivity index (χ4n) is 2.27. The normalized spacial score (nSPS) is 11.4. The first-order valence-corrected chi connectivity index (χ1v) is 7.93. The average Bonchev–Trinajstić information content (AvgIpc) is 2.83. The molecule has 0 spiro atoms. The summed E-state index contributed by atoms with van der Waals surface area (Å²) >= 11 is 0. The number of esters is 1. The molecule has 24 heavy (non-hydrogen) atoms. The average molecular weight is 333 g/mol. The maximum Gasteiger partial charge on any atom is 0.412 e. The van der Waals surface area contributed by atoms with Gasteiger partial charge in [-0.2, -0.15) is 5.10 Å². The number of ether oxygens (including phenoxy) is 2. The molecule has 1 N–H and O–H groups in total. The van der Waals surface area contributed by atoms with E-state index in [1.807, 2.05) is 6.92 Å². The third kappa shape index (κ3) is 4.04. The molecule has 7 heteroatoms. The number of aryl methyl sites for hydroxylation is 1. The summed E-state index contributed by atoms with van der Waals surface area (Å²) < 4.78 is 12.0. The van der Waals surface area contributed by atoms with Gasteiger partial charge >= 0.3 is 12.1 Å². The summed E-state index contributed by atoms with van der Waals surface area (Å²) in [5.41, 5.74) is 1.59. The van der Waals surface area contributed by atoms with Crippen molar-refractivity contribution in [1.29, 1.82) is 0 Å². The van der Waals surface area contributed by atoms with Crippen LogP contribution in [0, 0.1) is 0 Å². The summed E-state index contributed by atoms with van der Waals surface area (Å²) in [6.45, 7) is 9.33. The molecule has 2 rings (SSSR count). The molecule has 0 saturated heterocycles. The van der Waals surface area contributed by atoms with E-state index in [1.165, 1.54) is 0 Å². The number of hydrogen-bond acceptors (Lipinski definition) is 5. The summed E-state index contributed by atoms with van der Waals surface area (Å²) in [6, 6.07) is 3.38. The van der Waals surface area contributed by atoms with E-state index in [-0.39, 0.29) is 6.61 Å². The highest BCUT2D eigenvalue weighted by Crippen LogP contribution is 2.22. The number of pyridine rings is 1. The van der Waals surface area contributed by atoms with E-state index in [4.69, 9.17) is 9.47 Å². The van der Waals surface area contributed by atoms with Crippen molar-refractivity contribution in [1.82, 2.24) is 9.61 Å². The van der Waals surface area contributed by atoms with Crippen molar-refractivity contribution in [2.45, 2.75) is 46.6 Å². The number of hydrogen-bond donors (Lipinski definition) is 1. The second kappa shape index (κ2) is 6.90. The first-order valence-electron chi connectivity index (χ1n) is 7.93. The maximum absolute atomic E-state index is 12.2. The largest absolute Gasteiger partial charge is 0.462 e. The Balaban J connectivity index is 2.37. The molecule has 7 nitrogen and oxygen atoms in total. The molecule has 0 aliphatic rings. The van der Waals surface area contributed by atoms with Crippen LogP contribution in [0.4, 0.5) is 10.5 Å². The highest BCUT2D eigenvalue weighted by Gasteiger charge is 2.21. The van der Waals surface area contributed by atoms with Gasteiger partial charge in [-0.15, -0.1) is 0 Å². The summed E-state index contributed by atoms with van der Waals surface area (Å²) in [6.07, 6.45) is 1.73. The molecule has 2 aromatic heterocycles. The van der Waals surface area contributed by atoms with Crippen molar-refractivity contribution in [3.63, 3.8) is 0 Å². The number of rotatable bonds is 4. The lowest BCUT2D eigenvalue weighted by Gasteiger charge is -2.19. The predicted molar refractivity (Wildman–Crippen MR) is 90.4 cm³/mol. The first kappa shape index (κ1) is 17.8. The van der Waals surface area contributed by atoms with Crippen molar-refractivity contribution in [3.8, 4) is 0 Å². The minimum absolute atomic E-state index is 0.287. The van der Waals surface area contributed by atoms with Gasteiger partial charge in [0.1, 0.15) is 11.2 Å². The molecule has 1 amide bonds. The highest BCUT2D eigenvalue weighted by atomic mass is 16.6. The summed E-state index contributed by atoms with van der Waals surface area (Å²) in [5.74, 6) is -0.418. The molecule has 0 aliphatic heterocycles. The third-order valence-corrected chi connectivity index (χ3v) is 3.17. The number of amides is 1. The fraction of sp³-hybridized carbons (Fsp3) is 0.471. The molecule has 2 heterocycles. The summed E-state index contributed by atoms with van der Waals surface area (Å²) in [7, 11) is 0. The zero-order valence-electron chi connectivity index (χ0n) is 14.7. The molecule has 0 radical (unpaired) electrons. The predicted octanol–water partition coefficient (Wildman–Crippen LogP) is 3.42. The Hall–Kier alpha value is -2.57. The molecule has 0 saturated carbocycles. The molecule has 0 bridgehead atoms. The Morgan fingerprint density at radius 2 is 2.00 bits per heavy atom. The van der Waals surface area contributed by atoms with E-state index < -0.39 is 17.7 Å². The van der Waals surface area contributed by atoms with Gasteiger partial charge in [-0.1, -0.05) is 6.92 Å². The Morgan fingerprint density at radius 3 is 2.58 bits per heavy atom. The van der Waals surface area contributed by atoms with Gasteiger partial charge in [0.05, 0.1) is 17.8 Å². The third-order valence-electron chi connectivity index (χ3n) is 3.17. The van der Waals surface area contributed by atoms with Crippen LogP contribution >= 0.6 is 0 Å². The van der Waals surface area contributed by atoms with Crippen molar-refractivity contribution in [3.05, 3.63) is 29.6 Å². The Morgan fingerprint density at radius 1 is 1.29 bits per heavy atom. The molecule has 0 fully saturated rings. The summed E-state index contributed by atoms with van der Waals surface area (Å²) in [4.78, 5) is 24.1. The van der Waals surface area contributed by atoms with E-state index in [1.54, 1.807) is 50.5 Å². The van der Waals surface area contributed by atoms with Crippen molar-refractivity contribution < 1.29 is 19.1 Å². The van der Waals surface area contributed by atoms with Crippen LogP contribution in [-0.2, 0) is 15.9 Å². The number of fused-ring (bicyclic) bond motifs is 1. The van der Waals surface area contributed by atoms with Gasteiger partial charge in [-0.05, 0) is 46.2 Å². The number of carbonyl (C=O) groups excluding carboxylic acids is 2. The lowest BCUT2D eigenvalue weighted by Crippen LogP contribution is -2.27. The topological polar surface area (TPSA) is 81.9 Å². The standard InChI is InChI=1S/C17H23N3O4/c1-6-12-14(15(21)23-7-2)13-10-11(8-9-20(13)19-12)18-16(22)24-17(3,4)5/h8-10H,6-7H2,1-5H3,(H,18,22). The minimum atomic E-state index is -0.587. The van der Waals surface area contributed by atoms with Crippen LogP contribution in [0.2, 0.25) is 0 Å². The number of anilines is 1. The van der Waals surface area contributed by atoms with Gasteiger partial charge in [0.25, 0.3) is 0 Å². The van der Waals surface area contributed by atoms with Crippen LogP contribution in [0.1, 0.15) is 50.7 Å². The van der Waals surface area contributed by atoms with Gasteiger partial charge < -0.3 is 9.47 Å². The van der Waals surface area contributed by atoms with Crippen LogP contribution in [0.15, 0.2) is 18.3 Å². The number of carbonyl (C=O) groups is 2. The van der Waals surface area contributed by atoms with Gasteiger partial charge in [-0.3, -0.25) is 5.32 Å². The lowest BCUT2D eigenvalue weighted by molar-refractivity contribution is 0.0526. The monoisotopic (exact) mass is 333 g/mol. The smallest absolute Gasteiger partial charge is 0.412 e. The molecule has 2 aromatic rings. The van der Waals surface area contributed by atoms with Crippen LogP contribution in [0.5, 0.6) is 0 Å². The van der Waals surface area contributed by atoms with Crippen molar-refractivity contribution >= 4 is 23.3 Å². The fourth-order valence-corrected chi connectivity index (χ4v) is 2.27.